The smallest absolute Gasteiger partial charge is 0.310 e. The SMILES string of the molecule is O=C(O)[C@H]1[C@@H](C(=O)N(CC2CC2)c2cc(Cl)cc(Cl)c2)[C@H]2CC(F)(F)CN2[C@]12C(=O)Nc1c(Cl)cc(Cl)cc12. The number of fused-ring (bicyclic) bond motifs is 4. The lowest BCUT2D eigenvalue weighted by Crippen LogP contribution is -2.54. The van der Waals surface area contributed by atoms with Crippen molar-refractivity contribution in [2.24, 2.45) is 17.8 Å². The molecule has 2 saturated heterocycles. The molecule has 4 aliphatic rings. The Balaban J connectivity index is 1.54. The molecule has 1 saturated carbocycles. The zero-order valence-corrected chi connectivity index (χ0v) is 23.1. The molecule has 1 aliphatic carbocycles. The van der Waals surface area contributed by atoms with Gasteiger partial charge in [0.1, 0.15) is 11.5 Å². The molecule has 4 atom stereocenters. The van der Waals surface area contributed by atoms with E-state index >= 15 is 8.78 Å². The predicted octanol–water partition coefficient (Wildman–Crippen LogP) is 5.93. The highest BCUT2D eigenvalue weighted by molar-refractivity contribution is 6.38. The summed E-state index contributed by atoms with van der Waals surface area (Å²) in [6.45, 7) is -0.678. The number of carbonyl (C=O) groups is 3. The Morgan fingerprint density at radius 3 is 2.31 bits per heavy atom. The summed E-state index contributed by atoms with van der Waals surface area (Å²) in [6.07, 6.45) is 0.921. The Kier molecular flexibility index (Phi) is 6.36. The number of benzene rings is 2. The average Bonchev–Trinajstić information content (AvgIpc) is 3.45. The highest BCUT2D eigenvalue weighted by Gasteiger charge is 2.74. The molecule has 0 aromatic heterocycles. The van der Waals surface area contributed by atoms with Gasteiger partial charge in [0.2, 0.25) is 5.91 Å². The fourth-order valence-electron chi connectivity index (χ4n) is 6.54. The Labute approximate surface area is 241 Å². The number of rotatable bonds is 5. The summed E-state index contributed by atoms with van der Waals surface area (Å²) >= 11 is 25.0. The first kappa shape index (κ1) is 27.0. The summed E-state index contributed by atoms with van der Waals surface area (Å²) in [6, 6.07) is 6.00. The highest BCUT2D eigenvalue weighted by Crippen LogP contribution is 2.61. The van der Waals surface area contributed by atoms with E-state index in [1.54, 1.807) is 0 Å². The summed E-state index contributed by atoms with van der Waals surface area (Å²) in [4.78, 5) is 43.7. The number of carbonyl (C=O) groups excluding carboxylic acids is 2. The van der Waals surface area contributed by atoms with Crippen LogP contribution in [0.1, 0.15) is 24.8 Å². The van der Waals surface area contributed by atoms with E-state index in [1.165, 1.54) is 40.1 Å². The van der Waals surface area contributed by atoms with E-state index in [0.29, 0.717) is 5.69 Å². The summed E-state index contributed by atoms with van der Waals surface area (Å²) in [7, 11) is 0. The van der Waals surface area contributed by atoms with Gasteiger partial charge in [-0.15, -0.1) is 0 Å². The molecular formula is C26H21Cl4F2N3O4. The molecule has 0 radical (unpaired) electrons. The van der Waals surface area contributed by atoms with Gasteiger partial charge in [0.15, 0.2) is 0 Å². The number of carboxylic acids is 1. The lowest BCUT2D eigenvalue weighted by atomic mass is 9.73. The molecule has 0 bridgehead atoms. The van der Waals surface area contributed by atoms with Gasteiger partial charge in [-0.3, -0.25) is 19.3 Å². The van der Waals surface area contributed by atoms with E-state index in [4.69, 9.17) is 46.4 Å². The number of hydrogen-bond donors (Lipinski definition) is 2. The van der Waals surface area contributed by atoms with Crippen molar-refractivity contribution in [2.75, 3.05) is 23.3 Å². The van der Waals surface area contributed by atoms with Crippen LogP contribution in [-0.4, -0.2) is 52.8 Å². The van der Waals surface area contributed by atoms with E-state index in [1.807, 2.05) is 0 Å². The van der Waals surface area contributed by atoms with Gasteiger partial charge in [-0.2, -0.15) is 0 Å². The molecule has 2 aromatic carbocycles. The van der Waals surface area contributed by atoms with Crippen molar-refractivity contribution in [3.63, 3.8) is 0 Å². The summed E-state index contributed by atoms with van der Waals surface area (Å²) in [5.74, 6) is -9.33. The fraction of sp³-hybridized carbons (Fsp3) is 0.423. The van der Waals surface area contributed by atoms with Crippen molar-refractivity contribution in [1.82, 2.24) is 4.90 Å². The van der Waals surface area contributed by atoms with Crippen LogP contribution >= 0.6 is 46.4 Å². The first-order chi connectivity index (χ1) is 18.3. The number of nitrogens with zero attached hydrogens (tertiary/aromatic N) is 2. The third-order valence-corrected chi connectivity index (χ3v) is 9.10. The summed E-state index contributed by atoms with van der Waals surface area (Å²) in [5, 5.41) is 13.8. The lowest BCUT2D eigenvalue weighted by molar-refractivity contribution is -0.153. The van der Waals surface area contributed by atoms with Crippen molar-refractivity contribution in [3.8, 4) is 0 Å². The number of carboxylic acid groups (broad SMARTS) is 1. The molecule has 39 heavy (non-hydrogen) atoms. The van der Waals surface area contributed by atoms with Crippen LogP contribution in [0.3, 0.4) is 0 Å². The van der Waals surface area contributed by atoms with Crippen molar-refractivity contribution >= 4 is 75.6 Å². The van der Waals surface area contributed by atoms with Gasteiger partial charge in [0.05, 0.1) is 23.2 Å². The Morgan fingerprint density at radius 1 is 1.05 bits per heavy atom. The minimum atomic E-state index is -3.27. The van der Waals surface area contributed by atoms with Crippen molar-refractivity contribution in [1.29, 1.82) is 0 Å². The Hall–Kier alpha value is -2.17. The zero-order valence-electron chi connectivity index (χ0n) is 20.1. The zero-order chi connectivity index (χ0) is 28.0. The largest absolute Gasteiger partial charge is 0.481 e. The van der Waals surface area contributed by atoms with E-state index in [2.05, 4.69) is 5.32 Å². The maximum Gasteiger partial charge on any atom is 0.310 e. The maximum atomic E-state index is 15.0. The quantitative estimate of drug-likeness (QED) is 0.433. The van der Waals surface area contributed by atoms with Crippen LogP contribution in [0.2, 0.25) is 20.1 Å². The third kappa shape index (κ3) is 4.20. The molecule has 0 unspecified atom stereocenters. The topological polar surface area (TPSA) is 90.0 Å². The van der Waals surface area contributed by atoms with Crippen molar-refractivity contribution in [3.05, 3.63) is 56.0 Å². The fourth-order valence-corrected chi connectivity index (χ4v) is 7.59. The standard InChI is InChI=1S/C26H21Cl4F2N3O4/c27-12-3-13(28)5-15(4-12)34(9-11-1-2-11)22(36)19-18-8-25(31,32)10-35(18)26(20(19)23(37)38)16-6-14(29)7-17(30)21(16)33-24(26)39/h3-7,11,18-20H,1-2,8-10H2,(H,33,39)(H,37,38)/t18-,19+,20-,26+/m1/s1. The number of nitrogens with one attached hydrogen (secondary N) is 1. The van der Waals surface area contributed by atoms with Gasteiger partial charge in [0.25, 0.3) is 11.8 Å². The minimum absolute atomic E-state index is 0.0353. The molecule has 3 aliphatic heterocycles. The second kappa shape index (κ2) is 9.17. The number of anilines is 2. The van der Waals surface area contributed by atoms with Gasteiger partial charge in [0, 0.05) is 45.3 Å². The molecule has 6 rings (SSSR count). The molecule has 2 aromatic rings. The van der Waals surface area contributed by atoms with Gasteiger partial charge < -0.3 is 15.3 Å². The molecule has 13 heteroatoms. The van der Waals surface area contributed by atoms with Gasteiger partial charge in [-0.05, 0) is 49.1 Å². The first-order valence-corrected chi connectivity index (χ1v) is 13.8. The first-order valence-electron chi connectivity index (χ1n) is 12.3. The van der Waals surface area contributed by atoms with Crippen LogP contribution < -0.4 is 10.2 Å². The van der Waals surface area contributed by atoms with E-state index in [-0.39, 0.29) is 43.8 Å². The second-order valence-corrected chi connectivity index (χ2v) is 12.4. The van der Waals surface area contributed by atoms with E-state index in [9.17, 15) is 19.5 Å². The van der Waals surface area contributed by atoms with Gasteiger partial charge in [-0.25, -0.2) is 8.78 Å². The second-order valence-electron chi connectivity index (χ2n) is 10.6. The number of amides is 2. The average molecular weight is 619 g/mol. The molecule has 2 amide bonds. The van der Waals surface area contributed by atoms with Gasteiger partial charge >= 0.3 is 5.97 Å². The van der Waals surface area contributed by atoms with Crippen LogP contribution in [0.4, 0.5) is 20.2 Å². The van der Waals surface area contributed by atoms with Crippen LogP contribution in [0.5, 0.6) is 0 Å². The number of halogens is 6. The monoisotopic (exact) mass is 617 g/mol. The molecule has 1 spiro atoms. The summed E-state index contributed by atoms with van der Waals surface area (Å²) < 4.78 is 30.1. The van der Waals surface area contributed by atoms with Crippen molar-refractivity contribution in [2.45, 2.75) is 36.8 Å². The Morgan fingerprint density at radius 2 is 1.69 bits per heavy atom. The highest BCUT2D eigenvalue weighted by atomic mass is 35.5. The van der Waals surface area contributed by atoms with E-state index < -0.39 is 60.1 Å². The van der Waals surface area contributed by atoms with E-state index in [0.717, 1.165) is 12.8 Å². The molecule has 7 nitrogen and oxygen atoms in total. The number of aliphatic carboxylic acids is 1. The minimum Gasteiger partial charge on any atom is -0.481 e. The van der Waals surface area contributed by atoms with Crippen LogP contribution in [0.25, 0.3) is 0 Å². The predicted molar refractivity (Wildman–Crippen MR) is 143 cm³/mol. The number of alkyl halides is 2. The number of hydrogen-bond acceptors (Lipinski definition) is 4. The molecule has 3 heterocycles. The Bertz CT molecular complexity index is 1420. The molecule has 3 fully saturated rings. The van der Waals surface area contributed by atoms with Crippen LogP contribution in [-0.2, 0) is 19.9 Å². The lowest BCUT2D eigenvalue weighted by Gasteiger charge is -2.36. The molecule has 2 N–H and O–H groups in total. The van der Waals surface area contributed by atoms with Crippen LogP contribution in [0, 0.1) is 17.8 Å². The maximum absolute atomic E-state index is 15.0. The van der Waals surface area contributed by atoms with Crippen LogP contribution in [0.15, 0.2) is 30.3 Å². The summed E-state index contributed by atoms with van der Waals surface area (Å²) in [5.41, 5.74) is -1.64. The third-order valence-electron chi connectivity index (χ3n) is 8.15. The van der Waals surface area contributed by atoms with Crippen molar-refractivity contribution < 1.29 is 28.3 Å². The molecular weight excluding hydrogens is 598 g/mol. The van der Waals surface area contributed by atoms with Gasteiger partial charge in [-0.1, -0.05) is 46.4 Å². The molecule has 206 valence electrons. The normalized spacial score (nSPS) is 28.9.